The van der Waals surface area contributed by atoms with Crippen LogP contribution in [0.1, 0.15) is 24.4 Å². The van der Waals surface area contributed by atoms with Crippen molar-refractivity contribution < 1.29 is 4.74 Å². The fraction of sp³-hybridized carbons (Fsp3) is 0.500. The molecule has 2 aliphatic rings. The topological polar surface area (TPSA) is 21.3 Å². The Morgan fingerprint density at radius 3 is 3.21 bits per heavy atom. The van der Waals surface area contributed by atoms with Gasteiger partial charge in [0.15, 0.2) is 0 Å². The Morgan fingerprint density at radius 1 is 1.29 bits per heavy atom. The second kappa shape index (κ2) is 3.28. The summed E-state index contributed by atoms with van der Waals surface area (Å²) in [5.41, 5.74) is 1.35. The largest absolute Gasteiger partial charge is 0.493 e. The summed E-state index contributed by atoms with van der Waals surface area (Å²) in [6.07, 6.45) is 2.58. The highest BCUT2D eigenvalue weighted by Gasteiger charge is 2.32. The molecular weight excluding hydrogens is 174 g/mol. The molecule has 0 aromatic heterocycles. The van der Waals surface area contributed by atoms with Crippen LogP contribution in [0.2, 0.25) is 0 Å². The highest BCUT2D eigenvalue weighted by atomic mass is 16.5. The zero-order chi connectivity index (χ0) is 9.38. The maximum Gasteiger partial charge on any atom is 0.124 e. The van der Waals surface area contributed by atoms with E-state index in [1.54, 1.807) is 0 Å². The number of para-hydroxylation sites is 1. The third-order valence-corrected chi connectivity index (χ3v) is 3.29. The molecule has 2 heteroatoms. The van der Waals surface area contributed by atoms with Gasteiger partial charge in [-0.25, -0.2) is 0 Å². The SMILES string of the molecule is c1ccc2c(c1)OCC1CCCNC21. The normalized spacial score (nSPS) is 30.0. The van der Waals surface area contributed by atoms with Crippen LogP contribution in [-0.2, 0) is 0 Å². The Hall–Kier alpha value is -1.02. The van der Waals surface area contributed by atoms with Crippen molar-refractivity contribution >= 4 is 0 Å². The molecule has 0 amide bonds. The molecular formula is C12H15NO. The molecule has 3 rings (SSSR count). The van der Waals surface area contributed by atoms with Crippen molar-refractivity contribution in [1.29, 1.82) is 0 Å². The summed E-state index contributed by atoms with van der Waals surface area (Å²) in [4.78, 5) is 0. The number of hydrogen-bond acceptors (Lipinski definition) is 2. The number of nitrogens with one attached hydrogen (secondary N) is 1. The van der Waals surface area contributed by atoms with Crippen LogP contribution in [0, 0.1) is 5.92 Å². The van der Waals surface area contributed by atoms with E-state index >= 15 is 0 Å². The summed E-state index contributed by atoms with van der Waals surface area (Å²) in [6, 6.07) is 8.93. The first kappa shape index (κ1) is 8.30. The Bertz CT molecular complexity index is 337. The van der Waals surface area contributed by atoms with E-state index in [4.69, 9.17) is 4.74 Å². The number of rotatable bonds is 0. The molecule has 1 N–H and O–H groups in total. The van der Waals surface area contributed by atoms with Crippen LogP contribution in [0.3, 0.4) is 0 Å². The second-order valence-corrected chi connectivity index (χ2v) is 4.18. The Kier molecular flexibility index (Phi) is 1.95. The monoisotopic (exact) mass is 189 g/mol. The maximum absolute atomic E-state index is 5.75. The van der Waals surface area contributed by atoms with E-state index in [9.17, 15) is 0 Å². The van der Waals surface area contributed by atoms with Crippen molar-refractivity contribution in [2.45, 2.75) is 18.9 Å². The smallest absolute Gasteiger partial charge is 0.124 e. The quantitative estimate of drug-likeness (QED) is 0.675. The first-order valence-corrected chi connectivity index (χ1v) is 5.40. The van der Waals surface area contributed by atoms with E-state index in [0.717, 1.165) is 18.9 Å². The predicted octanol–water partition coefficient (Wildman–Crippen LogP) is 2.12. The minimum absolute atomic E-state index is 0.536. The summed E-state index contributed by atoms with van der Waals surface area (Å²) < 4.78 is 5.75. The van der Waals surface area contributed by atoms with Gasteiger partial charge in [0.2, 0.25) is 0 Å². The Balaban J connectivity index is 1.99. The average molecular weight is 189 g/mol. The Morgan fingerprint density at radius 2 is 2.21 bits per heavy atom. The Labute approximate surface area is 84.3 Å². The van der Waals surface area contributed by atoms with Crippen LogP contribution < -0.4 is 10.1 Å². The molecule has 0 spiro atoms. The standard InChI is InChI=1S/C12H15NO/c1-2-6-11-10(5-1)12-9(8-14-11)4-3-7-13-12/h1-2,5-6,9,12-13H,3-4,7-8H2. The molecule has 2 heterocycles. The van der Waals surface area contributed by atoms with Crippen molar-refractivity contribution in [3.8, 4) is 5.75 Å². The van der Waals surface area contributed by atoms with Gasteiger partial charge in [0.25, 0.3) is 0 Å². The molecule has 1 fully saturated rings. The molecule has 0 bridgehead atoms. The predicted molar refractivity (Wildman–Crippen MR) is 55.4 cm³/mol. The van der Waals surface area contributed by atoms with Gasteiger partial charge in [0.1, 0.15) is 5.75 Å². The van der Waals surface area contributed by atoms with Crippen LogP contribution >= 0.6 is 0 Å². The number of fused-ring (bicyclic) bond motifs is 3. The van der Waals surface area contributed by atoms with Gasteiger partial charge < -0.3 is 10.1 Å². The van der Waals surface area contributed by atoms with Crippen molar-refractivity contribution in [1.82, 2.24) is 5.32 Å². The van der Waals surface area contributed by atoms with E-state index < -0.39 is 0 Å². The van der Waals surface area contributed by atoms with Gasteiger partial charge >= 0.3 is 0 Å². The summed E-state index contributed by atoms with van der Waals surface area (Å²) in [5.74, 6) is 1.75. The first-order chi connectivity index (χ1) is 6.95. The zero-order valence-electron chi connectivity index (χ0n) is 8.20. The van der Waals surface area contributed by atoms with Crippen LogP contribution in [0.15, 0.2) is 24.3 Å². The molecule has 0 aliphatic carbocycles. The molecule has 0 saturated carbocycles. The number of piperidine rings is 1. The minimum atomic E-state index is 0.536. The number of ether oxygens (including phenoxy) is 1. The third-order valence-electron chi connectivity index (χ3n) is 3.29. The molecule has 2 aliphatic heterocycles. The highest BCUT2D eigenvalue weighted by molar-refractivity contribution is 5.38. The van der Waals surface area contributed by atoms with Gasteiger partial charge in [-0.1, -0.05) is 18.2 Å². The lowest BCUT2D eigenvalue weighted by Crippen LogP contribution is -2.39. The van der Waals surface area contributed by atoms with Gasteiger partial charge in [-0.2, -0.15) is 0 Å². The fourth-order valence-corrected chi connectivity index (χ4v) is 2.56. The van der Waals surface area contributed by atoms with Gasteiger partial charge in [-0.15, -0.1) is 0 Å². The molecule has 2 nitrogen and oxygen atoms in total. The summed E-state index contributed by atoms with van der Waals surface area (Å²) in [6.45, 7) is 2.03. The van der Waals surface area contributed by atoms with E-state index in [2.05, 4.69) is 23.5 Å². The highest BCUT2D eigenvalue weighted by Crippen LogP contribution is 2.38. The second-order valence-electron chi connectivity index (χ2n) is 4.18. The van der Waals surface area contributed by atoms with E-state index in [1.807, 2.05) is 6.07 Å². The van der Waals surface area contributed by atoms with E-state index in [1.165, 1.54) is 18.4 Å². The molecule has 14 heavy (non-hydrogen) atoms. The third kappa shape index (κ3) is 1.22. The average Bonchev–Trinajstić information content (AvgIpc) is 2.29. The van der Waals surface area contributed by atoms with Gasteiger partial charge in [0, 0.05) is 17.5 Å². The van der Waals surface area contributed by atoms with Crippen molar-refractivity contribution in [2.24, 2.45) is 5.92 Å². The summed E-state index contributed by atoms with van der Waals surface area (Å²) in [5, 5.41) is 3.60. The van der Waals surface area contributed by atoms with Gasteiger partial charge in [-0.05, 0) is 25.5 Å². The lowest BCUT2D eigenvalue weighted by molar-refractivity contribution is 0.147. The lowest BCUT2D eigenvalue weighted by Gasteiger charge is -2.37. The molecule has 74 valence electrons. The van der Waals surface area contributed by atoms with Gasteiger partial charge in [0.05, 0.1) is 6.61 Å². The molecule has 2 atom stereocenters. The summed E-state index contributed by atoms with van der Waals surface area (Å²) >= 11 is 0. The van der Waals surface area contributed by atoms with E-state index in [-0.39, 0.29) is 0 Å². The molecule has 1 saturated heterocycles. The fourth-order valence-electron chi connectivity index (χ4n) is 2.56. The van der Waals surface area contributed by atoms with Gasteiger partial charge in [-0.3, -0.25) is 0 Å². The minimum Gasteiger partial charge on any atom is -0.493 e. The summed E-state index contributed by atoms with van der Waals surface area (Å²) in [7, 11) is 0. The van der Waals surface area contributed by atoms with Crippen molar-refractivity contribution in [2.75, 3.05) is 13.2 Å². The molecule has 0 radical (unpaired) electrons. The molecule has 1 aromatic carbocycles. The van der Waals surface area contributed by atoms with Crippen LogP contribution in [0.4, 0.5) is 0 Å². The van der Waals surface area contributed by atoms with Crippen molar-refractivity contribution in [3.05, 3.63) is 29.8 Å². The number of benzene rings is 1. The molecule has 2 unspecified atom stereocenters. The molecule has 1 aromatic rings. The van der Waals surface area contributed by atoms with E-state index in [0.29, 0.717) is 12.0 Å². The van der Waals surface area contributed by atoms with Crippen LogP contribution in [0.5, 0.6) is 5.75 Å². The maximum atomic E-state index is 5.75. The van der Waals surface area contributed by atoms with Crippen molar-refractivity contribution in [3.63, 3.8) is 0 Å². The lowest BCUT2D eigenvalue weighted by atomic mass is 9.85. The zero-order valence-corrected chi connectivity index (χ0v) is 8.20. The van der Waals surface area contributed by atoms with Crippen LogP contribution in [0.25, 0.3) is 0 Å². The first-order valence-electron chi connectivity index (χ1n) is 5.40. The van der Waals surface area contributed by atoms with Crippen LogP contribution in [-0.4, -0.2) is 13.2 Å². The number of hydrogen-bond donors (Lipinski definition) is 1.